The van der Waals surface area contributed by atoms with Gasteiger partial charge in [0, 0.05) is 31.5 Å². The van der Waals surface area contributed by atoms with Gasteiger partial charge in [0.2, 0.25) is 0 Å². The number of nitrogens with zero attached hydrogens (tertiary/aromatic N) is 2. The molecule has 2 heterocycles. The Hall–Kier alpha value is -0.870. The lowest BCUT2D eigenvalue weighted by molar-refractivity contribution is 0.0601. The monoisotopic (exact) mass is 196 g/mol. The average Bonchev–Trinajstić information content (AvgIpc) is 2.67. The quantitative estimate of drug-likeness (QED) is 0.778. The highest BCUT2D eigenvalue weighted by atomic mass is 16.5. The zero-order valence-corrected chi connectivity index (χ0v) is 8.22. The molecule has 1 fully saturated rings. The molecule has 0 atom stereocenters. The van der Waals surface area contributed by atoms with Gasteiger partial charge in [-0.05, 0) is 18.8 Å². The Labute approximate surface area is 83.5 Å². The van der Waals surface area contributed by atoms with Crippen molar-refractivity contribution in [1.29, 1.82) is 0 Å². The number of ether oxygens (including phenoxy) is 1. The van der Waals surface area contributed by atoms with Gasteiger partial charge in [0.05, 0.1) is 12.8 Å². The van der Waals surface area contributed by atoms with Crippen LogP contribution in [0.3, 0.4) is 0 Å². The molecule has 1 aromatic heterocycles. The van der Waals surface area contributed by atoms with Crippen LogP contribution < -0.4 is 0 Å². The fourth-order valence-electron chi connectivity index (χ4n) is 1.78. The SMILES string of the molecule is OCc1cnn(CC2CCOCC2)c1. The van der Waals surface area contributed by atoms with E-state index in [0.29, 0.717) is 5.92 Å². The van der Waals surface area contributed by atoms with Crippen LogP contribution in [0.2, 0.25) is 0 Å². The number of hydrogen-bond donors (Lipinski definition) is 1. The first kappa shape index (κ1) is 9.68. The number of aliphatic hydroxyl groups is 1. The second-order valence-corrected chi connectivity index (χ2v) is 3.78. The van der Waals surface area contributed by atoms with Gasteiger partial charge in [-0.15, -0.1) is 0 Å². The molecule has 1 aliphatic rings. The Kier molecular flexibility index (Phi) is 3.16. The zero-order valence-electron chi connectivity index (χ0n) is 8.22. The Balaban J connectivity index is 1.89. The largest absolute Gasteiger partial charge is 0.392 e. The molecule has 0 unspecified atom stereocenters. The molecule has 0 amide bonds. The number of rotatable bonds is 3. The van der Waals surface area contributed by atoms with E-state index < -0.39 is 0 Å². The third-order valence-electron chi connectivity index (χ3n) is 2.66. The predicted octanol–water partition coefficient (Wildman–Crippen LogP) is 0.802. The summed E-state index contributed by atoms with van der Waals surface area (Å²) in [5, 5.41) is 13.1. The minimum atomic E-state index is 0.0772. The van der Waals surface area contributed by atoms with Gasteiger partial charge in [-0.1, -0.05) is 0 Å². The molecule has 0 aliphatic carbocycles. The van der Waals surface area contributed by atoms with Crippen LogP contribution >= 0.6 is 0 Å². The van der Waals surface area contributed by atoms with Crippen LogP contribution in [0.5, 0.6) is 0 Å². The predicted molar refractivity (Wildman–Crippen MR) is 51.7 cm³/mol. The Morgan fingerprint density at radius 2 is 2.29 bits per heavy atom. The van der Waals surface area contributed by atoms with E-state index in [1.54, 1.807) is 6.20 Å². The molecule has 4 nitrogen and oxygen atoms in total. The van der Waals surface area contributed by atoms with Gasteiger partial charge in [-0.2, -0.15) is 5.10 Å². The maximum atomic E-state index is 8.88. The molecule has 1 saturated heterocycles. The smallest absolute Gasteiger partial charge is 0.0712 e. The lowest BCUT2D eigenvalue weighted by Crippen LogP contribution is -2.20. The fraction of sp³-hybridized carbons (Fsp3) is 0.700. The fourth-order valence-corrected chi connectivity index (χ4v) is 1.78. The summed E-state index contributed by atoms with van der Waals surface area (Å²) in [7, 11) is 0. The van der Waals surface area contributed by atoms with E-state index in [-0.39, 0.29) is 6.61 Å². The van der Waals surface area contributed by atoms with E-state index in [2.05, 4.69) is 5.10 Å². The van der Waals surface area contributed by atoms with E-state index in [1.807, 2.05) is 10.9 Å². The molecule has 0 saturated carbocycles. The van der Waals surface area contributed by atoms with Gasteiger partial charge in [0.25, 0.3) is 0 Å². The van der Waals surface area contributed by atoms with Crippen molar-refractivity contribution in [2.45, 2.75) is 26.0 Å². The summed E-state index contributed by atoms with van der Waals surface area (Å²) in [5.41, 5.74) is 0.886. The molecule has 1 N–H and O–H groups in total. The summed E-state index contributed by atoms with van der Waals surface area (Å²) in [6.07, 6.45) is 5.87. The number of aliphatic hydroxyl groups excluding tert-OH is 1. The number of hydrogen-bond acceptors (Lipinski definition) is 3. The Morgan fingerprint density at radius 1 is 1.50 bits per heavy atom. The standard InChI is InChI=1S/C10H16N2O2/c13-8-10-5-11-12(7-10)6-9-1-3-14-4-2-9/h5,7,9,13H,1-4,6,8H2. The first-order valence-corrected chi connectivity index (χ1v) is 5.08. The van der Waals surface area contributed by atoms with E-state index in [0.717, 1.165) is 38.2 Å². The zero-order chi connectivity index (χ0) is 9.80. The topological polar surface area (TPSA) is 47.3 Å². The van der Waals surface area contributed by atoms with Crippen LogP contribution in [0.1, 0.15) is 18.4 Å². The Morgan fingerprint density at radius 3 is 2.93 bits per heavy atom. The highest BCUT2D eigenvalue weighted by molar-refractivity contribution is 5.01. The summed E-state index contributed by atoms with van der Waals surface area (Å²) in [5.74, 6) is 0.676. The molecule has 0 spiro atoms. The van der Waals surface area contributed by atoms with E-state index >= 15 is 0 Å². The third-order valence-corrected chi connectivity index (χ3v) is 2.66. The molecular weight excluding hydrogens is 180 g/mol. The molecule has 0 radical (unpaired) electrons. The van der Waals surface area contributed by atoms with Gasteiger partial charge in [-0.25, -0.2) is 0 Å². The molecule has 1 aromatic rings. The van der Waals surface area contributed by atoms with E-state index in [1.165, 1.54) is 0 Å². The van der Waals surface area contributed by atoms with Gasteiger partial charge < -0.3 is 9.84 Å². The third kappa shape index (κ3) is 2.33. The first-order valence-electron chi connectivity index (χ1n) is 5.08. The highest BCUT2D eigenvalue weighted by Gasteiger charge is 2.14. The number of aromatic nitrogens is 2. The van der Waals surface area contributed by atoms with Crippen molar-refractivity contribution in [3.63, 3.8) is 0 Å². The van der Waals surface area contributed by atoms with Gasteiger partial charge in [0.15, 0.2) is 0 Å². The summed E-state index contributed by atoms with van der Waals surface area (Å²) in [4.78, 5) is 0. The lowest BCUT2D eigenvalue weighted by atomic mass is 10.0. The Bertz CT molecular complexity index is 279. The normalized spacial score (nSPS) is 18.6. The summed E-state index contributed by atoms with van der Waals surface area (Å²) in [6, 6.07) is 0. The summed E-state index contributed by atoms with van der Waals surface area (Å²) < 4.78 is 7.21. The second kappa shape index (κ2) is 4.57. The molecular formula is C10H16N2O2. The van der Waals surface area contributed by atoms with Crippen molar-refractivity contribution >= 4 is 0 Å². The molecule has 4 heteroatoms. The minimum Gasteiger partial charge on any atom is -0.392 e. The molecule has 0 aromatic carbocycles. The molecule has 0 bridgehead atoms. The van der Waals surface area contributed by atoms with Crippen molar-refractivity contribution in [2.24, 2.45) is 5.92 Å². The average molecular weight is 196 g/mol. The van der Waals surface area contributed by atoms with Crippen LogP contribution in [0.15, 0.2) is 12.4 Å². The van der Waals surface area contributed by atoms with E-state index in [9.17, 15) is 0 Å². The van der Waals surface area contributed by atoms with Crippen LogP contribution in [0, 0.1) is 5.92 Å². The highest BCUT2D eigenvalue weighted by Crippen LogP contribution is 2.16. The van der Waals surface area contributed by atoms with Crippen LogP contribution in [-0.4, -0.2) is 28.1 Å². The summed E-state index contributed by atoms with van der Waals surface area (Å²) in [6.45, 7) is 2.77. The molecule has 78 valence electrons. The van der Waals surface area contributed by atoms with Gasteiger partial charge in [0.1, 0.15) is 0 Å². The second-order valence-electron chi connectivity index (χ2n) is 3.78. The van der Waals surface area contributed by atoms with Crippen LogP contribution in [-0.2, 0) is 17.9 Å². The molecule has 1 aliphatic heterocycles. The van der Waals surface area contributed by atoms with Gasteiger partial charge >= 0.3 is 0 Å². The van der Waals surface area contributed by atoms with Crippen LogP contribution in [0.4, 0.5) is 0 Å². The van der Waals surface area contributed by atoms with E-state index in [4.69, 9.17) is 9.84 Å². The molecule has 2 rings (SSSR count). The van der Waals surface area contributed by atoms with Crippen molar-refractivity contribution in [1.82, 2.24) is 9.78 Å². The van der Waals surface area contributed by atoms with Crippen molar-refractivity contribution in [2.75, 3.05) is 13.2 Å². The summed E-state index contributed by atoms with van der Waals surface area (Å²) >= 11 is 0. The van der Waals surface area contributed by atoms with Crippen molar-refractivity contribution in [3.05, 3.63) is 18.0 Å². The van der Waals surface area contributed by atoms with Gasteiger partial charge in [-0.3, -0.25) is 4.68 Å². The maximum absolute atomic E-state index is 8.88. The van der Waals surface area contributed by atoms with Crippen molar-refractivity contribution in [3.8, 4) is 0 Å². The minimum absolute atomic E-state index is 0.0772. The van der Waals surface area contributed by atoms with Crippen LogP contribution in [0.25, 0.3) is 0 Å². The molecule has 14 heavy (non-hydrogen) atoms. The maximum Gasteiger partial charge on any atom is 0.0712 e. The lowest BCUT2D eigenvalue weighted by Gasteiger charge is -2.21. The van der Waals surface area contributed by atoms with Crippen molar-refractivity contribution < 1.29 is 9.84 Å². The first-order chi connectivity index (χ1) is 6.88.